The van der Waals surface area contributed by atoms with Crippen molar-refractivity contribution in [3.8, 4) is 0 Å². The highest BCUT2D eigenvalue weighted by atomic mass is 79.9. The Labute approximate surface area is 100 Å². The molecule has 1 aromatic carbocycles. The van der Waals surface area contributed by atoms with Crippen molar-refractivity contribution < 1.29 is 4.74 Å². The Kier molecular flexibility index (Phi) is 5.91. The van der Waals surface area contributed by atoms with Crippen molar-refractivity contribution in [2.24, 2.45) is 0 Å². The Balaban J connectivity index is 2.28. The third-order valence-corrected chi connectivity index (χ3v) is 3.12. The lowest BCUT2D eigenvalue weighted by molar-refractivity contribution is 0.194. The number of hydrogen-bond donors (Lipinski definition) is 1. The lowest BCUT2D eigenvalue weighted by Crippen LogP contribution is -2.16. The summed E-state index contributed by atoms with van der Waals surface area (Å²) in [4.78, 5) is 0. The van der Waals surface area contributed by atoms with Crippen molar-refractivity contribution in [1.82, 2.24) is 5.32 Å². The van der Waals surface area contributed by atoms with Crippen LogP contribution in [0.25, 0.3) is 0 Å². The first kappa shape index (κ1) is 12.7. The minimum absolute atomic E-state index is 0.824. The van der Waals surface area contributed by atoms with E-state index in [4.69, 9.17) is 4.74 Å². The fourth-order valence-corrected chi connectivity index (χ4v) is 1.75. The highest BCUT2D eigenvalue weighted by Gasteiger charge is 1.97. The summed E-state index contributed by atoms with van der Waals surface area (Å²) in [5.74, 6) is 0. The van der Waals surface area contributed by atoms with Gasteiger partial charge in [0.25, 0.3) is 0 Å². The van der Waals surface area contributed by atoms with Gasteiger partial charge in [-0.25, -0.2) is 0 Å². The topological polar surface area (TPSA) is 21.3 Å². The quantitative estimate of drug-likeness (QED) is 0.804. The van der Waals surface area contributed by atoms with Crippen LogP contribution in [0.15, 0.2) is 22.7 Å². The van der Waals surface area contributed by atoms with E-state index in [1.54, 1.807) is 7.11 Å². The molecular formula is C12H18BrNO. The Morgan fingerprint density at radius 2 is 2.20 bits per heavy atom. The second-order valence-electron chi connectivity index (χ2n) is 3.61. The van der Waals surface area contributed by atoms with Crippen LogP contribution in [-0.4, -0.2) is 20.3 Å². The highest BCUT2D eigenvalue weighted by Crippen LogP contribution is 2.17. The summed E-state index contributed by atoms with van der Waals surface area (Å²) in [5, 5.41) is 3.38. The van der Waals surface area contributed by atoms with Crippen molar-refractivity contribution in [3.05, 3.63) is 33.8 Å². The lowest BCUT2D eigenvalue weighted by Gasteiger charge is -2.06. The van der Waals surface area contributed by atoms with E-state index in [0.717, 1.165) is 26.1 Å². The molecule has 0 bridgehead atoms. The number of nitrogens with one attached hydrogen (secondary N) is 1. The minimum atomic E-state index is 0.824. The molecule has 2 nitrogen and oxygen atoms in total. The first-order chi connectivity index (χ1) is 7.24. The predicted octanol–water partition coefficient (Wildman–Crippen LogP) is 2.88. The molecule has 0 fully saturated rings. The largest absolute Gasteiger partial charge is 0.385 e. The summed E-state index contributed by atoms with van der Waals surface area (Å²) in [7, 11) is 1.73. The fraction of sp³-hybridized carbons (Fsp3) is 0.500. The van der Waals surface area contributed by atoms with Gasteiger partial charge in [0, 0.05) is 24.7 Å². The molecule has 0 aliphatic carbocycles. The molecule has 0 radical (unpaired) electrons. The molecule has 1 N–H and O–H groups in total. The maximum atomic E-state index is 4.98. The molecule has 0 saturated carbocycles. The summed E-state index contributed by atoms with van der Waals surface area (Å²) < 4.78 is 6.16. The highest BCUT2D eigenvalue weighted by molar-refractivity contribution is 9.10. The summed E-state index contributed by atoms with van der Waals surface area (Å²) in [6.45, 7) is 4.84. The third kappa shape index (κ3) is 4.78. The van der Waals surface area contributed by atoms with Crippen LogP contribution in [0.4, 0.5) is 0 Å². The average Bonchev–Trinajstić information content (AvgIpc) is 2.23. The molecule has 0 aliphatic rings. The van der Waals surface area contributed by atoms with Crippen LogP contribution in [0.3, 0.4) is 0 Å². The fourth-order valence-electron chi connectivity index (χ4n) is 1.32. The van der Waals surface area contributed by atoms with E-state index in [0.29, 0.717) is 0 Å². The number of halogens is 1. The van der Waals surface area contributed by atoms with E-state index < -0.39 is 0 Å². The predicted molar refractivity (Wildman–Crippen MR) is 67.1 cm³/mol. The SMILES string of the molecule is COCCCNCc1ccc(C)c(Br)c1. The molecule has 84 valence electrons. The van der Waals surface area contributed by atoms with Crippen molar-refractivity contribution in [2.45, 2.75) is 19.9 Å². The second-order valence-corrected chi connectivity index (χ2v) is 4.46. The van der Waals surface area contributed by atoms with Gasteiger partial charge in [-0.2, -0.15) is 0 Å². The molecule has 3 heteroatoms. The van der Waals surface area contributed by atoms with Crippen molar-refractivity contribution in [2.75, 3.05) is 20.3 Å². The van der Waals surface area contributed by atoms with E-state index >= 15 is 0 Å². The number of aryl methyl sites for hydroxylation is 1. The first-order valence-corrected chi connectivity index (χ1v) is 5.98. The van der Waals surface area contributed by atoms with E-state index in [-0.39, 0.29) is 0 Å². The molecule has 0 aliphatic heterocycles. The monoisotopic (exact) mass is 271 g/mol. The van der Waals surface area contributed by atoms with Crippen LogP contribution in [-0.2, 0) is 11.3 Å². The van der Waals surface area contributed by atoms with Gasteiger partial charge in [0.15, 0.2) is 0 Å². The van der Waals surface area contributed by atoms with Crippen LogP contribution in [0.5, 0.6) is 0 Å². The average molecular weight is 272 g/mol. The smallest absolute Gasteiger partial charge is 0.0474 e. The van der Waals surface area contributed by atoms with Crippen molar-refractivity contribution >= 4 is 15.9 Å². The second kappa shape index (κ2) is 6.99. The molecule has 0 heterocycles. The number of methoxy groups -OCH3 is 1. The van der Waals surface area contributed by atoms with E-state index in [2.05, 4.69) is 46.4 Å². The van der Waals surface area contributed by atoms with Crippen LogP contribution in [0.2, 0.25) is 0 Å². The molecule has 0 spiro atoms. The Bertz CT molecular complexity index is 302. The zero-order valence-electron chi connectivity index (χ0n) is 9.35. The number of benzene rings is 1. The van der Waals surface area contributed by atoms with Gasteiger partial charge in [-0.15, -0.1) is 0 Å². The Morgan fingerprint density at radius 1 is 1.40 bits per heavy atom. The van der Waals surface area contributed by atoms with Gasteiger partial charge in [-0.1, -0.05) is 28.1 Å². The molecule has 1 aromatic rings. The van der Waals surface area contributed by atoms with Crippen LogP contribution in [0.1, 0.15) is 17.5 Å². The van der Waals surface area contributed by atoms with Gasteiger partial charge < -0.3 is 10.1 Å². The van der Waals surface area contributed by atoms with Gasteiger partial charge in [-0.05, 0) is 37.1 Å². The first-order valence-electron chi connectivity index (χ1n) is 5.18. The molecular weight excluding hydrogens is 254 g/mol. The zero-order chi connectivity index (χ0) is 11.1. The zero-order valence-corrected chi connectivity index (χ0v) is 10.9. The van der Waals surface area contributed by atoms with Gasteiger partial charge in [0.05, 0.1) is 0 Å². The molecule has 0 atom stereocenters. The Morgan fingerprint density at radius 3 is 2.87 bits per heavy atom. The number of ether oxygens (including phenoxy) is 1. The lowest BCUT2D eigenvalue weighted by atomic mass is 10.1. The minimum Gasteiger partial charge on any atom is -0.385 e. The maximum Gasteiger partial charge on any atom is 0.0474 e. The van der Waals surface area contributed by atoms with Crippen molar-refractivity contribution in [1.29, 1.82) is 0 Å². The molecule has 0 amide bonds. The summed E-state index contributed by atoms with van der Waals surface area (Å²) in [6.07, 6.45) is 1.06. The van der Waals surface area contributed by atoms with E-state index in [1.165, 1.54) is 15.6 Å². The molecule has 1 rings (SSSR count). The summed E-state index contributed by atoms with van der Waals surface area (Å²) in [6, 6.07) is 6.46. The molecule has 0 unspecified atom stereocenters. The summed E-state index contributed by atoms with van der Waals surface area (Å²) in [5.41, 5.74) is 2.59. The van der Waals surface area contributed by atoms with E-state index in [9.17, 15) is 0 Å². The molecule has 0 aromatic heterocycles. The third-order valence-electron chi connectivity index (χ3n) is 2.27. The van der Waals surface area contributed by atoms with Crippen LogP contribution in [0, 0.1) is 6.92 Å². The van der Waals surface area contributed by atoms with Gasteiger partial charge in [-0.3, -0.25) is 0 Å². The Hall–Kier alpha value is -0.380. The molecule has 0 saturated heterocycles. The normalized spacial score (nSPS) is 10.6. The van der Waals surface area contributed by atoms with Gasteiger partial charge in [0.1, 0.15) is 0 Å². The van der Waals surface area contributed by atoms with Gasteiger partial charge >= 0.3 is 0 Å². The van der Waals surface area contributed by atoms with Crippen molar-refractivity contribution in [3.63, 3.8) is 0 Å². The number of hydrogen-bond acceptors (Lipinski definition) is 2. The number of rotatable bonds is 6. The van der Waals surface area contributed by atoms with E-state index in [1.807, 2.05) is 0 Å². The van der Waals surface area contributed by atoms with Crippen LogP contribution < -0.4 is 5.32 Å². The standard InChI is InChI=1S/C12H18BrNO/c1-10-4-5-11(8-12(10)13)9-14-6-3-7-15-2/h4-5,8,14H,3,6-7,9H2,1-2H3. The summed E-state index contributed by atoms with van der Waals surface area (Å²) >= 11 is 3.53. The van der Waals surface area contributed by atoms with Gasteiger partial charge in [0.2, 0.25) is 0 Å². The molecule has 15 heavy (non-hydrogen) atoms. The van der Waals surface area contributed by atoms with Crippen LogP contribution >= 0.6 is 15.9 Å². The maximum absolute atomic E-state index is 4.98.